The lowest BCUT2D eigenvalue weighted by Crippen LogP contribution is -2.30. The second kappa shape index (κ2) is 5.36. The third kappa shape index (κ3) is 2.40. The van der Waals surface area contributed by atoms with Crippen LogP contribution in [0.25, 0.3) is 0 Å². The number of aliphatic hydroxyl groups excluding tert-OH is 1. The van der Waals surface area contributed by atoms with E-state index in [9.17, 15) is 30.3 Å². The number of fused-ring (bicyclic) bond motifs is 1. The van der Waals surface area contributed by atoms with Crippen molar-refractivity contribution in [2.45, 2.75) is 18.6 Å². The van der Waals surface area contributed by atoms with E-state index in [0.717, 1.165) is 0 Å². The van der Waals surface area contributed by atoms with Crippen molar-refractivity contribution < 1.29 is 35.1 Å². The number of rotatable bonds is 2. The van der Waals surface area contributed by atoms with Crippen LogP contribution in [-0.4, -0.2) is 37.9 Å². The van der Waals surface area contributed by atoms with Crippen LogP contribution in [0, 0.1) is 0 Å². The molecular formula is C16H14O7. The molecule has 2 unspecified atom stereocenters. The first-order valence-electron chi connectivity index (χ1n) is 6.82. The lowest BCUT2D eigenvalue weighted by Gasteiger charge is -2.31. The molecule has 1 aliphatic rings. The molecule has 0 aliphatic carbocycles. The normalized spacial score (nSPS) is 19.7. The van der Waals surface area contributed by atoms with Gasteiger partial charge in [-0.25, -0.2) is 0 Å². The van der Waals surface area contributed by atoms with E-state index in [1.165, 1.54) is 24.3 Å². The predicted octanol–water partition coefficient (Wildman–Crippen LogP) is 1.36. The summed E-state index contributed by atoms with van der Waals surface area (Å²) in [4.78, 5) is 10.9. The number of benzene rings is 2. The van der Waals surface area contributed by atoms with Crippen molar-refractivity contribution in [3.05, 3.63) is 41.0 Å². The molecule has 0 saturated carbocycles. The highest BCUT2D eigenvalue weighted by atomic mass is 16.5. The second-order valence-electron chi connectivity index (χ2n) is 5.31. The maximum Gasteiger partial charge on any atom is 0.157 e. The fourth-order valence-electron chi connectivity index (χ4n) is 2.65. The van der Waals surface area contributed by atoms with Gasteiger partial charge in [-0.1, -0.05) is 6.07 Å². The van der Waals surface area contributed by atoms with Crippen molar-refractivity contribution in [3.8, 4) is 28.7 Å². The van der Waals surface area contributed by atoms with E-state index in [-0.39, 0.29) is 34.8 Å². The molecule has 1 aliphatic heterocycles. The van der Waals surface area contributed by atoms with Crippen molar-refractivity contribution in [3.63, 3.8) is 0 Å². The van der Waals surface area contributed by atoms with Crippen LogP contribution >= 0.6 is 0 Å². The van der Waals surface area contributed by atoms with E-state index in [2.05, 4.69) is 0 Å². The lowest BCUT2D eigenvalue weighted by atomic mass is 9.92. The second-order valence-corrected chi connectivity index (χ2v) is 5.31. The van der Waals surface area contributed by atoms with Gasteiger partial charge in [-0.15, -0.1) is 0 Å². The van der Waals surface area contributed by atoms with Crippen LogP contribution in [0.15, 0.2) is 24.3 Å². The SMILES string of the molecule is O=Cc1c(O)cc2c(c1O)CC(O)C(c1ccc(O)c(O)c1)O2. The summed E-state index contributed by atoms with van der Waals surface area (Å²) in [5.41, 5.74) is 0.369. The Morgan fingerprint density at radius 2 is 1.78 bits per heavy atom. The first-order chi connectivity index (χ1) is 10.9. The number of phenolic OH excluding ortho intramolecular Hbond substituents is 4. The molecule has 0 radical (unpaired) electrons. The smallest absolute Gasteiger partial charge is 0.157 e. The molecule has 0 amide bonds. The molecule has 2 aromatic carbocycles. The van der Waals surface area contributed by atoms with E-state index in [0.29, 0.717) is 11.8 Å². The molecule has 1 heterocycles. The van der Waals surface area contributed by atoms with E-state index in [4.69, 9.17) is 4.74 Å². The number of carbonyl (C=O) groups excluding carboxylic acids is 1. The van der Waals surface area contributed by atoms with Gasteiger partial charge in [-0.2, -0.15) is 0 Å². The van der Waals surface area contributed by atoms with E-state index >= 15 is 0 Å². The highest BCUT2D eigenvalue weighted by Crippen LogP contribution is 2.44. The highest BCUT2D eigenvalue weighted by Gasteiger charge is 2.33. The van der Waals surface area contributed by atoms with Crippen molar-refractivity contribution in [2.24, 2.45) is 0 Å². The zero-order chi connectivity index (χ0) is 16.7. The molecule has 120 valence electrons. The molecule has 7 nitrogen and oxygen atoms in total. The number of aromatic hydroxyl groups is 4. The van der Waals surface area contributed by atoms with E-state index < -0.39 is 23.7 Å². The van der Waals surface area contributed by atoms with Gasteiger partial charge in [0.25, 0.3) is 0 Å². The molecule has 5 N–H and O–H groups in total. The number of aliphatic hydroxyl groups is 1. The van der Waals surface area contributed by atoms with Gasteiger partial charge in [-0.3, -0.25) is 4.79 Å². The average Bonchev–Trinajstić information content (AvgIpc) is 2.51. The summed E-state index contributed by atoms with van der Waals surface area (Å²) in [6.45, 7) is 0. The molecule has 23 heavy (non-hydrogen) atoms. The summed E-state index contributed by atoms with van der Waals surface area (Å²) >= 11 is 0. The Labute approximate surface area is 130 Å². The van der Waals surface area contributed by atoms with Gasteiger partial charge in [0.1, 0.15) is 23.4 Å². The minimum atomic E-state index is -1.05. The van der Waals surface area contributed by atoms with Crippen LogP contribution in [0.3, 0.4) is 0 Å². The van der Waals surface area contributed by atoms with Gasteiger partial charge in [0, 0.05) is 18.1 Å². The first kappa shape index (κ1) is 15.0. The molecule has 0 fully saturated rings. The Morgan fingerprint density at radius 1 is 1.04 bits per heavy atom. The van der Waals surface area contributed by atoms with Crippen LogP contribution in [-0.2, 0) is 6.42 Å². The minimum Gasteiger partial charge on any atom is -0.507 e. The third-order valence-corrected chi connectivity index (χ3v) is 3.84. The Bertz CT molecular complexity index is 784. The first-order valence-corrected chi connectivity index (χ1v) is 6.82. The number of ether oxygens (including phenoxy) is 1. The van der Waals surface area contributed by atoms with Crippen LogP contribution < -0.4 is 4.74 Å². The fourth-order valence-corrected chi connectivity index (χ4v) is 2.65. The van der Waals surface area contributed by atoms with Crippen LogP contribution in [0.5, 0.6) is 28.7 Å². The summed E-state index contributed by atoms with van der Waals surface area (Å²) in [6, 6.07) is 5.19. The Kier molecular flexibility index (Phi) is 3.49. The van der Waals surface area contributed by atoms with Crippen LogP contribution in [0.4, 0.5) is 0 Å². The van der Waals surface area contributed by atoms with Gasteiger partial charge in [0.05, 0.1) is 11.7 Å². The molecule has 2 atom stereocenters. The van der Waals surface area contributed by atoms with Crippen molar-refractivity contribution >= 4 is 6.29 Å². The van der Waals surface area contributed by atoms with Gasteiger partial charge < -0.3 is 30.3 Å². The molecule has 0 saturated heterocycles. The van der Waals surface area contributed by atoms with Crippen molar-refractivity contribution in [1.82, 2.24) is 0 Å². The minimum absolute atomic E-state index is 0.00537. The summed E-state index contributed by atoms with van der Waals surface area (Å²) in [6.07, 6.45) is -1.60. The molecule has 3 rings (SSSR count). The van der Waals surface area contributed by atoms with E-state index in [1.54, 1.807) is 0 Å². The molecular weight excluding hydrogens is 304 g/mol. The number of phenols is 4. The van der Waals surface area contributed by atoms with Crippen molar-refractivity contribution in [2.75, 3.05) is 0 Å². The molecule has 0 bridgehead atoms. The highest BCUT2D eigenvalue weighted by molar-refractivity contribution is 5.85. The lowest BCUT2D eigenvalue weighted by molar-refractivity contribution is 0.0196. The molecule has 0 spiro atoms. The number of aldehydes is 1. The Morgan fingerprint density at radius 3 is 2.43 bits per heavy atom. The van der Waals surface area contributed by atoms with Gasteiger partial charge in [0.15, 0.2) is 17.8 Å². The van der Waals surface area contributed by atoms with Crippen LogP contribution in [0.1, 0.15) is 27.6 Å². The summed E-state index contributed by atoms with van der Waals surface area (Å²) in [5, 5.41) is 48.9. The fraction of sp³-hybridized carbons (Fsp3) is 0.188. The van der Waals surface area contributed by atoms with Crippen LogP contribution in [0.2, 0.25) is 0 Å². The zero-order valence-electron chi connectivity index (χ0n) is 11.8. The largest absolute Gasteiger partial charge is 0.507 e. The predicted molar refractivity (Wildman–Crippen MR) is 78.0 cm³/mol. The van der Waals surface area contributed by atoms with Crippen molar-refractivity contribution in [1.29, 1.82) is 0 Å². The van der Waals surface area contributed by atoms with E-state index in [1.807, 2.05) is 0 Å². The van der Waals surface area contributed by atoms with Gasteiger partial charge in [0.2, 0.25) is 0 Å². The van der Waals surface area contributed by atoms with Gasteiger partial charge in [-0.05, 0) is 17.7 Å². The Hall–Kier alpha value is -2.93. The quantitative estimate of drug-likeness (QED) is 0.418. The monoisotopic (exact) mass is 318 g/mol. The third-order valence-electron chi connectivity index (χ3n) is 3.84. The topological polar surface area (TPSA) is 127 Å². The maximum absolute atomic E-state index is 10.9. The van der Waals surface area contributed by atoms with Gasteiger partial charge >= 0.3 is 0 Å². The number of hydrogen-bond acceptors (Lipinski definition) is 7. The molecule has 0 aromatic heterocycles. The molecule has 2 aromatic rings. The standard InChI is InChI=1S/C16H14O7/c17-6-9-11(19)5-14-8(15(9)22)4-13(21)16(23-14)7-1-2-10(18)12(20)3-7/h1-3,5-6,13,16,18-22H,4H2. The number of carbonyl (C=O) groups is 1. The maximum atomic E-state index is 10.9. The Balaban J connectivity index is 2.03. The zero-order valence-corrected chi connectivity index (χ0v) is 11.8. The average molecular weight is 318 g/mol. The molecule has 7 heteroatoms. The summed E-state index contributed by atoms with van der Waals surface area (Å²) in [7, 11) is 0. The number of hydrogen-bond donors (Lipinski definition) is 5. The summed E-state index contributed by atoms with van der Waals surface area (Å²) in [5.74, 6) is -1.38. The summed E-state index contributed by atoms with van der Waals surface area (Å²) < 4.78 is 5.61.